The van der Waals surface area contributed by atoms with Crippen LogP contribution < -0.4 is 11.1 Å². The number of H-pyrrole nitrogens is 3. The Labute approximate surface area is 657 Å². The average molecular weight is 1530 g/mol. The normalized spacial score (nSPS) is 14.2. The number of nitrogens with two attached hydrogens (primary N) is 1. The molecule has 0 radical (unpaired) electrons. The fourth-order valence-electron chi connectivity index (χ4n) is 11.8. The number of aryl methyl sites for hydroxylation is 3. The maximum absolute atomic E-state index is 12.4. The lowest BCUT2D eigenvalue weighted by atomic mass is 9.82. The number of carboxylic acids is 1. The van der Waals surface area contributed by atoms with Crippen LogP contribution in [0.1, 0.15) is 302 Å². The molecule has 3 heterocycles. The fourth-order valence-corrected chi connectivity index (χ4v) is 11.9. The number of aromatic amines is 3. The average Bonchev–Trinajstić information content (AvgIpc) is 1.79. The molecule has 2 atom stereocenters. The van der Waals surface area contributed by atoms with Gasteiger partial charge in [0.05, 0.1) is 5.56 Å². The molecule has 2 fully saturated rings. The molecule has 23 heteroatoms. The summed E-state index contributed by atoms with van der Waals surface area (Å²) < 4.78 is 0. The van der Waals surface area contributed by atoms with E-state index >= 15 is 0 Å². The Hall–Kier alpha value is -9.31. The minimum absolute atomic E-state index is 0. The zero-order valence-corrected chi connectivity index (χ0v) is 68.3. The van der Waals surface area contributed by atoms with Crippen molar-refractivity contribution in [2.45, 2.75) is 232 Å². The van der Waals surface area contributed by atoms with Crippen LogP contribution in [0.3, 0.4) is 0 Å². The molecule has 0 unspecified atom stereocenters. The van der Waals surface area contributed by atoms with Gasteiger partial charge in [0, 0.05) is 87.3 Å². The van der Waals surface area contributed by atoms with E-state index in [1.54, 1.807) is 79.7 Å². The van der Waals surface area contributed by atoms with Crippen LogP contribution in [0, 0.1) is 28.1 Å². The molecule has 2 aliphatic rings. The van der Waals surface area contributed by atoms with Crippen LogP contribution in [0.5, 0.6) is 0 Å². The van der Waals surface area contributed by atoms with Gasteiger partial charge >= 0.3 is 5.97 Å². The van der Waals surface area contributed by atoms with Crippen molar-refractivity contribution >= 4 is 75.8 Å². The molecule has 8 aromatic rings. The predicted molar refractivity (Wildman–Crippen MR) is 442 cm³/mol. The first-order valence-corrected chi connectivity index (χ1v) is 38.7. The quantitative estimate of drug-likeness (QED) is 0.0136. The number of nitrogens with zero attached hydrogens (tertiary/aromatic N) is 7. The second kappa shape index (κ2) is 49.7. The molecule has 590 valence electrons. The Morgan fingerprint density at radius 3 is 1.13 bits per heavy atom. The van der Waals surface area contributed by atoms with Crippen molar-refractivity contribution in [3.05, 3.63) is 178 Å². The van der Waals surface area contributed by atoms with E-state index in [9.17, 15) is 33.6 Å². The number of aliphatic imine (C=N–C) groups is 1. The lowest BCUT2D eigenvalue weighted by molar-refractivity contribution is 0.0695. The number of ketones is 3. The summed E-state index contributed by atoms with van der Waals surface area (Å²) in [4.78, 5) is 96.1. The third-order valence-electron chi connectivity index (χ3n) is 19.1. The van der Waals surface area contributed by atoms with E-state index in [0.29, 0.717) is 67.6 Å². The largest absolute Gasteiger partial charge is 0.478 e. The standard InChI is InChI=1S/C21H30N4O.C15H19NO2.C14H17N3O.C13H15N3O2.C9H7ClO2.C8H17N.C6H13N.ClH/c1-4-5-8-18-23-19(25-24-18)15-9-11-16(12-10-15)20(26)22-14-17-7-6-13-21(17,2)3;1-4-5-6-11(2)16-15(18)14-9-7-13(8-10-14)12(3)17;1-3-4-5-13-15-14(17-16-13)12-8-6-11(7-9-12)10(2)18;1-2-3-4-11-14-12(16-15-11)9-5-7-10(8-6-9)13(17)18;1-6(11)7-2-4-8(5-3-7)9(10)12;1-8(2)5-3-4-7(8)6-9;1-3-4-5-6(2)7;/h9-12,17H,4-8,13-14H2,1-3H3,(H,22,26)(H,23,24,25);7-10H,4-6H2,1-3H3;6-9H,3-5H2,1-2H3,(H,15,16,17);5-8H,2-4H2,1H3,(H,17,18)(H,14,15,16);2-5H,1H3;7H,3-6,9H2,1-2H3;7H,3-5H2,1-2H3;1H/t17-;;;;;7-;;/m0....0../s1. The van der Waals surface area contributed by atoms with Crippen molar-refractivity contribution in [2.24, 2.45) is 33.4 Å². The summed E-state index contributed by atoms with van der Waals surface area (Å²) in [5, 5.41) is 39.9. The molecule has 0 saturated heterocycles. The highest BCUT2D eigenvalue weighted by Gasteiger charge is 2.35. The van der Waals surface area contributed by atoms with E-state index in [4.69, 9.17) is 27.9 Å². The highest BCUT2D eigenvalue weighted by molar-refractivity contribution is 6.67. The van der Waals surface area contributed by atoms with E-state index in [1.165, 1.54) is 77.3 Å². The molecule has 0 bridgehead atoms. The van der Waals surface area contributed by atoms with Crippen LogP contribution in [0.4, 0.5) is 0 Å². The van der Waals surface area contributed by atoms with Crippen molar-refractivity contribution in [2.75, 3.05) is 13.1 Å². The van der Waals surface area contributed by atoms with Crippen LogP contribution in [0.2, 0.25) is 0 Å². The number of carbonyl (C=O) groups excluding carboxylic acids is 6. The number of hydrogen-bond acceptors (Lipinski definition) is 15. The topological polar surface area (TPSA) is 339 Å². The number of unbranched alkanes of at least 4 members (excludes halogenated alkanes) is 5. The molecule has 109 heavy (non-hydrogen) atoms. The van der Waals surface area contributed by atoms with Gasteiger partial charge in [-0.2, -0.15) is 15.3 Å². The molecule has 8 N–H and O–H groups in total. The van der Waals surface area contributed by atoms with Crippen LogP contribution in [-0.4, -0.2) is 116 Å². The molecule has 21 nitrogen and oxygen atoms in total. The molecule has 0 aliphatic heterocycles. The van der Waals surface area contributed by atoms with Gasteiger partial charge in [0.1, 0.15) is 17.5 Å². The maximum Gasteiger partial charge on any atom is 0.335 e. The summed E-state index contributed by atoms with van der Waals surface area (Å²) in [5.74, 6) is 4.93. The molecular formula is C86H119Cl2N13O8. The molecule has 2 saturated carbocycles. The van der Waals surface area contributed by atoms with Crippen molar-refractivity contribution in [1.82, 2.24) is 50.9 Å². The Bertz CT molecular complexity index is 3970. The summed E-state index contributed by atoms with van der Waals surface area (Å²) in [6, 6.07) is 34.3. The number of nitrogens with one attached hydrogen (secondary N) is 5. The molecule has 3 aromatic heterocycles. The van der Waals surface area contributed by atoms with Gasteiger partial charge in [0.15, 0.2) is 34.8 Å². The van der Waals surface area contributed by atoms with Crippen LogP contribution >= 0.6 is 24.0 Å². The van der Waals surface area contributed by atoms with Gasteiger partial charge in [-0.1, -0.05) is 180 Å². The first kappa shape index (κ1) is 93.9. The first-order valence-electron chi connectivity index (χ1n) is 38.3. The Morgan fingerprint density at radius 1 is 0.495 bits per heavy atom. The smallest absolute Gasteiger partial charge is 0.335 e. The minimum atomic E-state index is -0.930. The number of Topliss-reactive ketones (excluding diaryl/α,β-unsaturated/α-hetero) is 3. The van der Waals surface area contributed by atoms with Crippen molar-refractivity contribution in [1.29, 1.82) is 5.41 Å². The summed E-state index contributed by atoms with van der Waals surface area (Å²) in [6.45, 7) is 29.9. The van der Waals surface area contributed by atoms with Crippen molar-refractivity contribution < 1.29 is 38.7 Å². The molecule has 10 rings (SSSR count). The minimum Gasteiger partial charge on any atom is -0.478 e. The molecule has 5 aromatic carbocycles. The molecule has 2 aliphatic carbocycles. The number of aromatic nitrogens is 9. The number of carbonyl (C=O) groups is 7. The lowest BCUT2D eigenvalue weighted by Crippen LogP contribution is -2.33. The van der Waals surface area contributed by atoms with Crippen LogP contribution in [0.25, 0.3) is 34.2 Å². The number of amides is 2. The number of rotatable bonds is 28. The zero-order chi connectivity index (χ0) is 79.8. The van der Waals surface area contributed by atoms with Crippen LogP contribution in [0.15, 0.2) is 126 Å². The van der Waals surface area contributed by atoms with E-state index < -0.39 is 11.2 Å². The third-order valence-corrected chi connectivity index (χ3v) is 19.4. The highest BCUT2D eigenvalue weighted by atomic mass is 35.5. The second-order valence-electron chi connectivity index (χ2n) is 29.0. The Morgan fingerprint density at radius 2 is 0.826 bits per heavy atom. The summed E-state index contributed by atoms with van der Waals surface area (Å²) >= 11 is 5.21. The van der Waals surface area contributed by atoms with Gasteiger partial charge in [0.25, 0.3) is 17.1 Å². The van der Waals surface area contributed by atoms with Crippen molar-refractivity contribution in [3.63, 3.8) is 0 Å². The van der Waals surface area contributed by atoms with E-state index in [1.807, 2.05) is 50.2 Å². The summed E-state index contributed by atoms with van der Waals surface area (Å²) in [6.07, 6.45) is 23.6. The molecule has 2 amide bonds. The Balaban J connectivity index is 0.000000340. The van der Waals surface area contributed by atoms with Gasteiger partial charge in [0.2, 0.25) is 0 Å². The number of carboxylic acid groups (broad SMARTS) is 1. The molecular weight excluding hydrogens is 1410 g/mol. The summed E-state index contributed by atoms with van der Waals surface area (Å²) in [5.41, 5.74) is 14.6. The second-order valence-corrected chi connectivity index (χ2v) is 29.3. The van der Waals surface area contributed by atoms with E-state index in [2.05, 4.69) is 118 Å². The van der Waals surface area contributed by atoms with Gasteiger partial charge in [-0.05, 0) is 195 Å². The fraction of sp³-hybridized carbons (Fsp3) is 0.477. The van der Waals surface area contributed by atoms with Gasteiger partial charge in [-0.25, -0.2) is 24.7 Å². The highest BCUT2D eigenvalue weighted by Crippen LogP contribution is 2.43. The number of hydrogen-bond donors (Lipinski definition) is 7. The number of aromatic carboxylic acids is 1. The van der Waals surface area contributed by atoms with Gasteiger partial charge in [-0.15, -0.1) is 12.4 Å². The number of benzene rings is 5. The molecule has 0 spiro atoms. The van der Waals surface area contributed by atoms with E-state index in [-0.39, 0.29) is 47.1 Å². The van der Waals surface area contributed by atoms with E-state index in [0.717, 1.165) is 148 Å². The first-order chi connectivity index (χ1) is 51.5. The van der Waals surface area contributed by atoms with Crippen molar-refractivity contribution in [3.8, 4) is 34.2 Å². The van der Waals surface area contributed by atoms with Gasteiger partial charge in [-0.3, -0.25) is 44.1 Å². The van der Waals surface area contributed by atoms with Crippen LogP contribution in [-0.2, 0) is 19.3 Å². The Kier molecular flexibility index (Phi) is 42.8. The summed E-state index contributed by atoms with van der Waals surface area (Å²) in [7, 11) is 0. The SMILES string of the molecule is CC(=O)c1ccc(C(=O)Cl)cc1.CC1(C)CCC[C@H]1CN.CCCCC(C)=N.CCCCC(C)=NC(=O)c1ccc(C(C)=O)cc1.CCCCc1nc(-c2ccc(C(=O)NC[C@@H]3CCCC3(C)C)cc2)n[nH]1.CCCCc1nc(-c2ccc(C(=O)O)cc2)n[nH]1.CCCCc1nc(-c2ccc(C(C)=O)cc2)n[nH]1.Cl. The third kappa shape index (κ3) is 34.0. The maximum atomic E-state index is 12.4. The van der Waals surface area contributed by atoms with Gasteiger partial charge < -0.3 is 21.6 Å². The monoisotopic (exact) mass is 1530 g/mol. The zero-order valence-electron chi connectivity index (χ0n) is 66.8. The number of halogens is 2. The lowest BCUT2D eigenvalue weighted by Gasteiger charge is -2.27. The predicted octanol–water partition coefficient (Wildman–Crippen LogP) is 20.3.